The Hall–Kier alpha value is -3.18. The maximum atomic E-state index is 13.5. The van der Waals surface area contributed by atoms with E-state index in [0.29, 0.717) is 47.2 Å². The van der Waals surface area contributed by atoms with Gasteiger partial charge in [0.05, 0.1) is 23.3 Å². The van der Waals surface area contributed by atoms with Crippen molar-refractivity contribution in [3.63, 3.8) is 0 Å². The molecule has 36 heavy (non-hydrogen) atoms. The van der Waals surface area contributed by atoms with Crippen molar-refractivity contribution >= 4 is 16.0 Å². The summed E-state index contributed by atoms with van der Waals surface area (Å²) in [6.07, 6.45) is -2.96. The molecule has 1 aliphatic heterocycles. The van der Waals surface area contributed by atoms with Crippen molar-refractivity contribution in [1.82, 2.24) is 14.3 Å². The minimum Gasteiger partial charge on any atom is -0.496 e. The van der Waals surface area contributed by atoms with Crippen LogP contribution in [0.2, 0.25) is 0 Å². The van der Waals surface area contributed by atoms with E-state index in [9.17, 15) is 21.6 Å². The molecule has 2 aromatic carbocycles. The van der Waals surface area contributed by atoms with Gasteiger partial charge in [-0.15, -0.1) is 0 Å². The molecule has 11 heteroatoms. The van der Waals surface area contributed by atoms with Crippen LogP contribution in [-0.2, 0) is 16.2 Å². The smallest absolute Gasteiger partial charge is 0.416 e. The maximum absolute atomic E-state index is 13.5. The zero-order valence-electron chi connectivity index (χ0n) is 20.4. The second kappa shape index (κ2) is 9.70. The Morgan fingerprint density at radius 3 is 2.31 bits per heavy atom. The molecule has 0 unspecified atom stereocenters. The summed E-state index contributed by atoms with van der Waals surface area (Å²) >= 11 is 0. The Kier molecular flexibility index (Phi) is 6.98. The average Bonchev–Trinajstić information content (AvgIpc) is 2.86. The van der Waals surface area contributed by atoms with E-state index in [0.717, 1.165) is 17.7 Å². The number of benzene rings is 2. The van der Waals surface area contributed by atoms with Crippen molar-refractivity contribution in [2.75, 3.05) is 38.2 Å². The minimum atomic E-state index is -4.45. The molecule has 1 aromatic heterocycles. The lowest BCUT2D eigenvalue weighted by atomic mass is 10.1. The van der Waals surface area contributed by atoms with Crippen LogP contribution in [0.5, 0.6) is 5.75 Å². The van der Waals surface area contributed by atoms with Crippen LogP contribution in [0.1, 0.15) is 22.3 Å². The molecule has 7 nitrogen and oxygen atoms in total. The number of methoxy groups -OCH3 is 1. The zero-order valence-corrected chi connectivity index (χ0v) is 21.2. The third kappa shape index (κ3) is 4.90. The first kappa shape index (κ1) is 25.9. The van der Waals surface area contributed by atoms with Crippen molar-refractivity contribution < 1.29 is 26.3 Å². The van der Waals surface area contributed by atoms with Gasteiger partial charge < -0.3 is 9.64 Å². The molecule has 0 amide bonds. The number of piperazine rings is 1. The van der Waals surface area contributed by atoms with Crippen molar-refractivity contribution in [2.45, 2.75) is 31.8 Å². The topological polar surface area (TPSA) is 75.6 Å². The van der Waals surface area contributed by atoms with E-state index >= 15 is 0 Å². The quantitative estimate of drug-likeness (QED) is 0.489. The predicted molar refractivity (Wildman–Crippen MR) is 131 cm³/mol. The lowest BCUT2D eigenvalue weighted by Crippen LogP contribution is -2.49. The van der Waals surface area contributed by atoms with E-state index in [1.807, 2.05) is 11.8 Å². The number of sulfonamides is 1. The highest BCUT2D eigenvalue weighted by Crippen LogP contribution is 2.34. The minimum absolute atomic E-state index is 0.226. The number of aryl methyl sites for hydroxylation is 1. The number of nitrogens with zero attached hydrogens (tertiary/aromatic N) is 4. The molecule has 1 fully saturated rings. The van der Waals surface area contributed by atoms with Crippen LogP contribution in [-0.4, -0.2) is 56.0 Å². The molecule has 0 atom stereocenters. The van der Waals surface area contributed by atoms with E-state index in [1.54, 1.807) is 39.2 Å². The van der Waals surface area contributed by atoms with Crippen LogP contribution in [0, 0.1) is 20.8 Å². The number of aromatic nitrogens is 2. The highest BCUT2D eigenvalue weighted by atomic mass is 32.2. The first-order chi connectivity index (χ1) is 16.9. The summed E-state index contributed by atoms with van der Waals surface area (Å²) in [7, 11) is -2.19. The Labute approximate surface area is 208 Å². The Morgan fingerprint density at radius 1 is 0.972 bits per heavy atom. The lowest BCUT2D eigenvalue weighted by molar-refractivity contribution is -0.137. The van der Waals surface area contributed by atoms with Gasteiger partial charge in [-0.3, -0.25) is 0 Å². The summed E-state index contributed by atoms with van der Waals surface area (Å²) in [4.78, 5) is 10.9. The lowest BCUT2D eigenvalue weighted by Gasteiger charge is -2.34. The summed E-state index contributed by atoms with van der Waals surface area (Å²) in [5.41, 5.74) is 2.00. The number of ether oxygens (including phenoxy) is 1. The SMILES string of the molecule is COc1cc(C)c(S(=O)(=O)N2CCN(c3nccc(-c4cccc(C(F)(F)F)c4)n3)CC2)c(C)c1C. The second-order valence-electron chi connectivity index (χ2n) is 8.69. The average molecular weight is 521 g/mol. The fraction of sp³-hybridized carbons (Fsp3) is 0.360. The number of halogens is 3. The Balaban J connectivity index is 1.54. The number of alkyl halides is 3. The summed E-state index contributed by atoms with van der Waals surface area (Å²) in [6.45, 7) is 6.51. The Bertz CT molecular complexity index is 1390. The normalized spacial score (nSPS) is 15.2. The molecule has 0 radical (unpaired) electrons. The van der Waals surface area contributed by atoms with Crippen molar-refractivity contribution in [3.8, 4) is 17.0 Å². The maximum Gasteiger partial charge on any atom is 0.416 e. The monoisotopic (exact) mass is 520 g/mol. The first-order valence-corrected chi connectivity index (χ1v) is 12.8. The highest BCUT2D eigenvalue weighted by Gasteiger charge is 2.33. The standard InChI is InChI=1S/C25H27F3N4O3S/c1-16-14-22(35-4)17(2)18(3)23(16)36(33,34)32-12-10-31(11-13-32)24-29-9-8-21(30-24)19-6-5-7-20(15-19)25(26,27)28/h5-9,14-15H,10-13H2,1-4H3. The largest absolute Gasteiger partial charge is 0.496 e. The van der Waals surface area contributed by atoms with Gasteiger partial charge in [-0.2, -0.15) is 17.5 Å². The molecule has 0 saturated carbocycles. The molecule has 192 valence electrons. The molecule has 0 spiro atoms. The number of rotatable bonds is 5. The van der Waals surface area contributed by atoms with Crippen LogP contribution in [0.15, 0.2) is 47.5 Å². The molecule has 1 saturated heterocycles. The second-order valence-corrected chi connectivity index (χ2v) is 10.6. The molecule has 3 aromatic rings. The first-order valence-electron chi connectivity index (χ1n) is 11.3. The van der Waals surface area contributed by atoms with E-state index in [2.05, 4.69) is 9.97 Å². The summed E-state index contributed by atoms with van der Waals surface area (Å²) in [5.74, 6) is 0.987. The summed E-state index contributed by atoms with van der Waals surface area (Å²) in [5, 5.41) is 0. The van der Waals surface area contributed by atoms with Gasteiger partial charge in [0.1, 0.15) is 5.75 Å². The fourth-order valence-electron chi connectivity index (χ4n) is 4.40. The van der Waals surface area contributed by atoms with Gasteiger partial charge in [-0.1, -0.05) is 12.1 Å². The predicted octanol–water partition coefficient (Wildman–Crippen LogP) is 4.61. The van der Waals surface area contributed by atoms with Gasteiger partial charge in [0.2, 0.25) is 16.0 Å². The van der Waals surface area contributed by atoms with Crippen LogP contribution in [0.3, 0.4) is 0 Å². The summed E-state index contributed by atoms with van der Waals surface area (Å²) in [6, 6.07) is 8.26. The third-order valence-corrected chi connectivity index (χ3v) is 8.64. The molecule has 0 N–H and O–H groups in total. The number of hydrogen-bond acceptors (Lipinski definition) is 6. The van der Waals surface area contributed by atoms with Gasteiger partial charge in [0, 0.05) is 37.9 Å². The van der Waals surface area contributed by atoms with Crippen molar-refractivity contribution in [1.29, 1.82) is 0 Å². The van der Waals surface area contributed by atoms with Gasteiger partial charge in [0.25, 0.3) is 0 Å². The molecule has 0 bridgehead atoms. The van der Waals surface area contributed by atoms with Gasteiger partial charge in [0.15, 0.2) is 0 Å². The van der Waals surface area contributed by atoms with Gasteiger partial charge in [-0.25, -0.2) is 18.4 Å². The molecule has 2 heterocycles. The van der Waals surface area contributed by atoms with Crippen LogP contribution in [0.25, 0.3) is 11.3 Å². The third-order valence-electron chi connectivity index (χ3n) is 6.45. The van der Waals surface area contributed by atoms with E-state index in [1.165, 1.54) is 16.6 Å². The van der Waals surface area contributed by atoms with Crippen molar-refractivity contribution in [2.24, 2.45) is 0 Å². The van der Waals surface area contributed by atoms with E-state index < -0.39 is 21.8 Å². The van der Waals surface area contributed by atoms with Gasteiger partial charge >= 0.3 is 6.18 Å². The number of anilines is 1. The summed E-state index contributed by atoms with van der Waals surface area (Å²) < 4.78 is 73.2. The van der Waals surface area contributed by atoms with Crippen LogP contribution in [0.4, 0.5) is 19.1 Å². The molecule has 1 aliphatic rings. The van der Waals surface area contributed by atoms with Crippen molar-refractivity contribution in [3.05, 3.63) is 64.8 Å². The zero-order chi connectivity index (χ0) is 26.3. The molecular weight excluding hydrogens is 493 g/mol. The molecular formula is C25H27F3N4O3S. The Morgan fingerprint density at radius 2 is 1.67 bits per heavy atom. The molecule has 0 aliphatic carbocycles. The van der Waals surface area contributed by atoms with Crippen LogP contribution >= 0.6 is 0 Å². The number of hydrogen-bond donors (Lipinski definition) is 0. The fourth-order valence-corrected chi connectivity index (χ4v) is 6.31. The van der Waals surface area contributed by atoms with E-state index in [4.69, 9.17) is 4.74 Å². The van der Waals surface area contributed by atoms with Gasteiger partial charge in [-0.05, 0) is 61.7 Å². The van der Waals surface area contributed by atoms with Crippen LogP contribution < -0.4 is 9.64 Å². The molecule has 4 rings (SSSR count). The van der Waals surface area contributed by atoms with E-state index in [-0.39, 0.29) is 18.0 Å². The highest BCUT2D eigenvalue weighted by molar-refractivity contribution is 7.89.